The van der Waals surface area contributed by atoms with Gasteiger partial charge in [-0.15, -0.1) is 0 Å². The molecular formula is C12H23NO2. The fraction of sp³-hybridized carbons (Fsp3) is 1.00. The Labute approximate surface area is 92.5 Å². The van der Waals surface area contributed by atoms with E-state index < -0.39 is 0 Å². The van der Waals surface area contributed by atoms with Crippen LogP contribution in [-0.2, 0) is 9.47 Å². The molecule has 0 saturated carbocycles. The van der Waals surface area contributed by atoms with Gasteiger partial charge in [-0.05, 0) is 45.1 Å². The molecular weight excluding hydrogens is 190 g/mol. The van der Waals surface area contributed by atoms with Crippen molar-refractivity contribution < 1.29 is 9.47 Å². The van der Waals surface area contributed by atoms with Crippen LogP contribution in [0.1, 0.15) is 32.6 Å². The molecule has 0 aromatic rings. The molecule has 3 unspecified atom stereocenters. The average molecular weight is 213 g/mol. The number of hydrogen-bond acceptors (Lipinski definition) is 3. The molecule has 2 aliphatic heterocycles. The summed E-state index contributed by atoms with van der Waals surface area (Å²) >= 11 is 0. The van der Waals surface area contributed by atoms with E-state index in [2.05, 4.69) is 12.2 Å². The first-order valence-electron chi connectivity index (χ1n) is 6.07. The average Bonchev–Trinajstić information content (AvgIpc) is 2.78. The van der Waals surface area contributed by atoms with Crippen LogP contribution in [0.15, 0.2) is 0 Å². The zero-order valence-electron chi connectivity index (χ0n) is 9.92. The zero-order chi connectivity index (χ0) is 10.7. The third-order valence-corrected chi connectivity index (χ3v) is 3.64. The van der Waals surface area contributed by atoms with E-state index in [0.29, 0.717) is 6.10 Å². The summed E-state index contributed by atoms with van der Waals surface area (Å²) in [4.78, 5) is 0. The Morgan fingerprint density at radius 1 is 1.53 bits per heavy atom. The molecule has 2 fully saturated rings. The highest BCUT2D eigenvalue weighted by Gasteiger charge is 2.35. The van der Waals surface area contributed by atoms with E-state index in [1.165, 1.54) is 25.7 Å². The molecule has 0 spiro atoms. The molecule has 3 atom stereocenters. The predicted molar refractivity (Wildman–Crippen MR) is 60.0 cm³/mol. The van der Waals surface area contributed by atoms with E-state index in [-0.39, 0.29) is 5.54 Å². The third kappa shape index (κ3) is 2.92. The smallest absolute Gasteiger partial charge is 0.0641 e. The number of hydrogen-bond donors (Lipinski definition) is 1. The van der Waals surface area contributed by atoms with Crippen LogP contribution in [0.4, 0.5) is 0 Å². The van der Waals surface area contributed by atoms with Gasteiger partial charge in [-0.3, -0.25) is 0 Å². The summed E-state index contributed by atoms with van der Waals surface area (Å²) in [6.07, 6.45) is 5.49. The van der Waals surface area contributed by atoms with Crippen LogP contribution in [0.25, 0.3) is 0 Å². The maximum absolute atomic E-state index is 5.68. The molecule has 2 saturated heterocycles. The second-order valence-corrected chi connectivity index (χ2v) is 5.32. The molecule has 0 amide bonds. The van der Waals surface area contributed by atoms with Gasteiger partial charge in [0.25, 0.3) is 0 Å². The summed E-state index contributed by atoms with van der Waals surface area (Å²) in [6, 6.07) is 0. The van der Waals surface area contributed by atoms with E-state index in [4.69, 9.17) is 9.47 Å². The molecule has 1 N–H and O–H groups in total. The standard InChI is InChI=1S/C12H23NO2/c1-12(9-14-2)7-10(8-13-12)6-11-4-3-5-15-11/h10-11,13H,3-9H2,1-2H3. The lowest BCUT2D eigenvalue weighted by atomic mass is 9.91. The summed E-state index contributed by atoms with van der Waals surface area (Å²) in [7, 11) is 1.78. The molecule has 3 heteroatoms. The Bertz CT molecular complexity index is 204. The van der Waals surface area contributed by atoms with Gasteiger partial charge >= 0.3 is 0 Å². The molecule has 15 heavy (non-hydrogen) atoms. The molecule has 2 heterocycles. The quantitative estimate of drug-likeness (QED) is 0.769. The SMILES string of the molecule is COCC1(C)CC(CC2CCCO2)CN1. The molecule has 88 valence electrons. The summed E-state index contributed by atoms with van der Waals surface area (Å²) < 4.78 is 10.9. The van der Waals surface area contributed by atoms with Crippen LogP contribution < -0.4 is 5.32 Å². The van der Waals surface area contributed by atoms with Crippen LogP contribution in [0.5, 0.6) is 0 Å². The van der Waals surface area contributed by atoms with E-state index in [9.17, 15) is 0 Å². The highest BCUT2D eigenvalue weighted by molar-refractivity contribution is 4.94. The highest BCUT2D eigenvalue weighted by Crippen LogP contribution is 2.30. The van der Waals surface area contributed by atoms with Crippen molar-refractivity contribution in [3.63, 3.8) is 0 Å². The van der Waals surface area contributed by atoms with Crippen LogP contribution in [0.3, 0.4) is 0 Å². The number of rotatable bonds is 4. The monoisotopic (exact) mass is 213 g/mol. The summed E-state index contributed by atoms with van der Waals surface area (Å²) in [5, 5.41) is 3.58. The first kappa shape index (κ1) is 11.4. The predicted octanol–water partition coefficient (Wildman–Crippen LogP) is 1.57. The van der Waals surface area contributed by atoms with Crippen molar-refractivity contribution in [3.8, 4) is 0 Å². The number of methoxy groups -OCH3 is 1. The van der Waals surface area contributed by atoms with Crippen molar-refractivity contribution in [2.45, 2.75) is 44.2 Å². The van der Waals surface area contributed by atoms with Crippen LogP contribution in [-0.4, -0.2) is 38.5 Å². The third-order valence-electron chi connectivity index (χ3n) is 3.64. The Morgan fingerprint density at radius 3 is 3.07 bits per heavy atom. The van der Waals surface area contributed by atoms with Crippen LogP contribution in [0.2, 0.25) is 0 Å². The van der Waals surface area contributed by atoms with Crippen molar-refractivity contribution in [3.05, 3.63) is 0 Å². The minimum absolute atomic E-state index is 0.192. The van der Waals surface area contributed by atoms with Gasteiger partial charge in [0.05, 0.1) is 12.7 Å². The normalized spacial score (nSPS) is 41.2. The van der Waals surface area contributed by atoms with E-state index >= 15 is 0 Å². The molecule has 0 bridgehead atoms. The van der Waals surface area contributed by atoms with Crippen LogP contribution in [0, 0.1) is 5.92 Å². The van der Waals surface area contributed by atoms with Gasteiger partial charge in [0.1, 0.15) is 0 Å². The topological polar surface area (TPSA) is 30.5 Å². The zero-order valence-corrected chi connectivity index (χ0v) is 9.92. The minimum Gasteiger partial charge on any atom is -0.383 e. The Hall–Kier alpha value is -0.120. The maximum atomic E-state index is 5.68. The van der Waals surface area contributed by atoms with Gasteiger partial charge in [0, 0.05) is 19.3 Å². The van der Waals surface area contributed by atoms with Crippen molar-refractivity contribution >= 4 is 0 Å². The molecule has 0 radical (unpaired) electrons. The first-order chi connectivity index (χ1) is 7.22. The van der Waals surface area contributed by atoms with Gasteiger partial charge < -0.3 is 14.8 Å². The van der Waals surface area contributed by atoms with E-state index in [1.54, 1.807) is 7.11 Å². The van der Waals surface area contributed by atoms with Gasteiger partial charge in [-0.2, -0.15) is 0 Å². The Balaban J connectivity index is 1.76. The van der Waals surface area contributed by atoms with Gasteiger partial charge in [-0.25, -0.2) is 0 Å². The highest BCUT2D eigenvalue weighted by atomic mass is 16.5. The number of nitrogens with one attached hydrogen (secondary N) is 1. The second kappa shape index (κ2) is 4.81. The van der Waals surface area contributed by atoms with Gasteiger partial charge in [-0.1, -0.05) is 0 Å². The van der Waals surface area contributed by atoms with E-state index in [0.717, 1.165) is 25.7 Å². The lowest BCUT2D eigenvalue weighted by Crippen LogP contribution is -2.40. The lowest BCUT2D eigenvalue weighted by molar-refractivity contribution is 0.0881. The van der Waals surface area contributed by atoms with Crippen molar-refractivity contribution in [1.82, 2.24) is 5.32 Å². The summed E-state index contributed by atoms with van der Waals surface area (Å²) in [5.41, 5.74) is 0.192. The fourth-order valence-electron chi connectivity index (χ4n) is 2.97. The molecule has 0 aliphatic carbocycles. The first-order valence-corrected chi connectivity index (χ1v) is 6.07. The Kier molecular flexibility index (Phi) is 3.65. The molecule has 0 aromatic carbocycles. The molecule has 0 aromatic heterocycles. The Morgan fingerprint density at radius 2 is 2.40 bits per heavy atom. The van der Waals surface area contributed by atoms with Crippen molar-refractivity contribution in [1.29, 1.82) is 0 Å². The van der Waals surface area contributed by atoms with Gasteiger partial charge in [0.15, 0.2) is 0 Å². The molecule has 2 aliphatic rings. The summed E-state index contributed by atoms with van der Waals surface area (Å²) in [5.74, 6) is 0.772. The van der Waals surface area contributed by atoms with Crippen molar-refractivity contribution in [2.24, 2.45) is 5.92 Å². The largest absolute Gasteiger partial charge is 0.383 e. The summed E-state index contributed by atoms with van der Waals surface area (Å²) in [6.45, 7) is 5.17. The second-order valence-electron chi connectivity index (χ2n) is 5.32. The fourth-order valence-corrected chi connectivity index (χ4v) is 2.97. The van der Waals surface area contributed by atoms with Crippen molar-refractivity contribution in [2.75, 3.05) is 26.9 Å². The van der Waals surface area contributed by atoms with Crippen LogP contribution >= 0.6 is 0 Å². The molecule has 3 nitrogen and oxygen atoms in total. The van der Waals surface area contributed by atoms with E-state index in [1.807, 2.05) is 0 Å². The number of ether oxygens (including phenoxy) is 2. The minimum atomic E-state index is 0.192. The molecule has 2 rings (SSSR count). The van der Waals surface area contributed by atoms with Gasteiger partial charge in [0.2, 0.25) is 0 Å². The lowest BCUT2D eigenvalue weighted by Gasteiger charge is -2.23. The maximum Gasteiger partial charge on any atom is 0.0641 e.